The van der Waals surface area contributed by atoms with Gasteiger partial charge in [0.2, 0.25) is 0 Å². The number of ether oxygens (including phenoxy) is 2. The van der Waals surface area contributed by atoms with Gasteiger partial charge in [0.25, 0.3) is 5.91 Å². The SMILES string of the molecule is CC(C)(C)OC(=O)NC[C@@H](F)C[C@H](CN1Cc2ccccc2-c2c([nH]c3ccc(F)cc23)C1=O)NC(=O)OC(C)(C)C. The lowest BCUT2D eigenvalue weighted by Crippen LogP contribution is -2.48. The predicted octanol–water partition coefficient (Wildman–Crippen LogP) is 6.08. The first-order valence-corrected chi connectivity index (χ1v) is 13.9. The average Bonchev–Trinajstić information content (AvgIpc) is 3.18. The lowest BCUT2D eigenvalue weighted by Gasteiger charge is -2.29. The summed E-state index contributed by atoms with van der Waals surface area (Å²) in [6, 6.07) is 10.9. The zero-order valence-corrected chi connectivity index (χ0v) is 24.8. The van der Waals surface area contributed by atoms with Crippen LogP contribution in [-0.2, 0) is 16.0 Å². The first-order valence-electron chi connectivity index (χ1n) is 13.9. The number of alkyl halides is 1. The number of hydrogen-bond donors (Lipinski definition) is 3. The molecular formula is C31H38F2N4O5. The Morgan fingerprint density at radius 2 is 1.69 bits per heavy atom. The van der Waals surface area contributed by atoms with Gasteiger partial charge in [-0.15, -0.1) is 0 Å². The fourth-order valence-electron chi connectivity index (χ4n) is 4.91. The van der Waals surface area contributed by atoms with E-state index in [2.05, 4.69) is 15.6 Å². The molecule has 2 atom stereocenters. The molecular weight excluding hydrogens is 546 g/mol. The second-order valence-electron chi connectivity index (χ2n) is 12.5. The summed E-state index contributed by atoms with van der Waals surface area (Å²) in [6.07, 6.45) is -3.31. The van der Waals surface area contributed by atoms with Crippen molar-refractivity contribution in [3.05, 3.63) is 59.5 Å². The first-order chi connectivity index (χ1) is 19.6. The minimum absolute atomic E-state index is 0.0531. The fourth-order valence-corrected chi connectivity index (χ4v) is 4.91. The number of carbonyl (C=O) groups excluding carboxylic acids is 3. The fraction of sp³-hybridized carbons (Fsp3) is 0.452. The molecule has 2 heterocycles. The number of fused-ring (bicyclic) bond motifs is 5. The quantitative estimate of drug-likeness (QED) is 0.312. The zero-order valence-electron chi connectivity index (χ0n) is 24.8. The molecule has 1 aliphatic rings. The van der Waals surface area contributed by atoms with Crippen molar-refractivity contribution in [2.75, 3.05) is 13.1 Å². The summed E-state index contributed by atoms with van der Waals surface area (Å²) >= 11 is 0. The largest absolute Gasteiger partial charge is 0.444 e. The molecule has 0 bridgehead atoms. The van der Waals surface area contributed by atoms with Gasteiger partial charge in [-0.3, -0.25) is 4.79 Å². The standard InChI is InChI=1S/C31H38F2N4O5/c1-30(2,3)41-28(39)34-15-20(33)13-21(35-29(40)42-31(4,5)6)17-37-16-18-9-7-8-10-22(18)25-23-14-19(32)11-12-24(23)36-26(25)27(37)38/h7-12,14,20-21,36H,13,15-17H2,1-6H3,(H,34,39)(H,35,40)/t20-,21+/m0/s1. The van der Waals surface area contributed by atoms with Gasteiger partial charge in [0.05, 0.1) is 12.6 Å². The minimum Gasteiger partial charge on any atom is -0.444 e. The number of amides is 3. The van der Waals surface area contributed by atoms with Crippen LogP contribution < -0.4 is 10.6 Å². The predicted molar refractivity (Wildman–Crippen MR) is 155 cm³/mol. The molecule has 0 saturated heterocycles. The summed E-state index contributed by atoms with van der Waals surface area (Å²) in [5.41, 5.74) is 1.53. The van der Waals surface area contributed by atoms with E-state index in [1.165, 1.54) is 17.0 Å². The van der Waals surface area contributed by atoms with Crippen LogP contribution in [0.2, 0.25) is 0 Å². The van der Waals surface area contributed by atoms with E-state index in [-0.39, 0.29) is 37.7 Å². The number of rotatable bonds is 7. The lowest BCUT2D eigenvalue weighted by atomic mass is 9.98. The Morgan fingerprint density at radius 3 is 2.38 bits per heavy atom. The molecule has 4 rings (SSSR count). The number of aromatic nitrogens is 1. The number of carbonyl (C=O) groups is 3. The van der Waals surface area contributed by atoms with E-state index in [1.807, 2.05) is 24.3 Å². The van der Waals surface area contributed by atoms with Crippen molar-refractivity contribution >= 4 is 29.0 Å². The highest BCUT2D eigenvalue weighted by molar-refractivity contribution is 6.11. The van der Waals surface area contributed by atoms with Crippen LogP contribution >= 0.6 is 0 Å². The van der Waals surface area contributed by atoms with Crippen molar-refractivity contribution in [1.82, 2.24) is 20.5 Å². The van der Waals surface area contributed by atoms with E-state index < -0.39 is 41.4 Å². The maximum Gasteiger partial charge on any atom is 0.407 e. The Bertz CT molecular complexity index is 1470. The Morgan fingerprint density at radius 1 is 1.02 bits per heavy atom. The Balaban J connectivity index is 1.60. The third kappa shape index (κ3) is 7.77. The van der Waals surface area contributed by atoms with Crippen molar-refractivity contribution in [2.24, 2.45) is 0 Å². The van der Waals surface area contributed by atoms with Crippen LogP contribution in [0.3, 0.4) is 0 Å². The highest BCUT2D eigenvalue weighted by Gasteiger charge is 2.32. The normalized spacial score (nSPS) is 14.9. The van der Waals surface area contributed by atoms with E-state index in [0.717, 1.165) is 11.1 Å². The van der Waals surface area contributed by atoms with Crippen molar-refractivity contribution in [1.29, 1.82) is 0 Å². The first kappa shape index (κ1) is 30.8. The summed E-state index contributed by atoms with van der Waals surface area (Å²) < 4.78 is 40.0. The van der Waals surface area contributed by atoms with Gasteiger partial charge >= 0.3 is 12.2 Å². The Kier molecular flexibility index (Phi) is 8.79. The maximum atomic E-state index is 15.2. The summed E-state index contributed by atoms with van der Waals surface area (Å²) in [6.45, 7) is 9.99. The van der Waals surface area contributed by atoms with E-state index >= 15 is 4.39 Å². The number of halogens is 2. The second kappa shape index (κ2) is 12.0. The number of hydrogen-bond acceptors (Lipinski definition) is 5. The van der Waals surface area contributed by atoms with Gasteiger partial charge < -0.3 is 30.0 Å². The van der Waals surface area contributed by atoms with Gasteiger partial charge in [0.15, 0.2) is 0 Å². The molecule has 0 fully saturated rings. The van der Waals surface area contributed by atoms with Gasteiger partial charge in [-0.2, -0.15) is 0 Å². The molecule has 0 saturated carbocycles. The molecule has 0 aliphatic carbocycles. The molecule has 3 aromatic rings. The molecule has 1 aromatic heterocycles. The van der Waals surface area contributed by atoms with Crippen molar-refractivity contribution in [3.63, 3.8) is 0 Å². The maximum absolute atomic E-state index is 15.2. The third-order valence-corrected chi connectivity index (χ3v) is 6.48. The molecule has 0 unspecified atom stereocenters. The molecule has 1 aliphatic heterocycles. The van der Waals surface area contributed by atoms with E-state index in [4.69, 9.17) is 9.47 Å². The number of benzene rings is 2. The molecule has 9 nitrogen and oxygen atoms in total. The number of aromatic amines is 1. The number of nitrogens with one attached hydrogen (secondary N) is 3. The highest BCUT2D eigenvalue weighted by atomic mass is 19.1. The Hall–Kier alpha value is -4.15. The van der Waals surface area contributed by atoms with Gasteiger partial charge in [-0.25, -0.2) is 18.4 Å². The Labute approximate surface area is 243 Å². The lowest BCUT2D eigenvalue weighted by molar-refractivity contribution is 0.0446. The topological polar surface area (TPSA) is 113 Å². The third-order valence-electron chi connectivity index (χ3n) is 6.48. The van der Waals surface area contributed by atoms with Crippen molar-refractivity contribution < 1.29 is 32.6 Å². The molecule has 42 heavy (non-hydrogen) atoms. The zero-order chi connectivity index (χ0) is 30.8. The van der Waals surface area contributed by atoms with E-state index in [9.17, 15) is 18.8 Å². The average molecular weight is 585 g/mol. The number of alkyl carbamates (subject to hydrolysis) is 2. The molecule has 3 N–H and O–H groups in total. The molecule has 226 valence electrons. The van der Waals surface area contributed by atoms with Gasteiger partial charge in [-0.05, 0) is 70.9 Å². The monoisotopic (exact) mass is 584 g/mol. The molecule has 0 radical (unpaired) electrons. The van der Waals surface area contributed by atoms with E-state index in [1.54, 1.807) is 47.6 Å². The molecule has 2 aromatic carbocycles. The second-order valence-corrected chi connectivity index (χ2v) is 12.5. The highest BCUT2D eigenvalue weighted by Crippen LogP contribution is 2.38. The van der Waals surface area contributed by atoms with Gasteiger partial charge in [0, 0.05) is 36.0 Å². The molecule has 11 heteroatoms. The minimum atomic E-state index is -1.57. The van der Waals surface area contributed by atoms with Gasteiger partial charge in [0.1, 0.15) is 28.9 Å². The van der Waals surface area contributed by atoms with E-state index in [0.29, 0.717) is 16.5 Å². The van der Waals surface area contributed by atoms with Crippen LogP contribution in [0, 0.1) is 5.82 Å². The van der Waals surface area contributed by atoms with Crippen LogP contribution in [0.5, 0.6) is 0 Å². The van der Waals surface area contributed by atoms with Crippen LogP contribution in [0.4, 0.5) is 18.4 Å². The summed E-state index contributed by atoms with van der Waals surface area (Å²) in [5, 5.41) is 5.69. The van der Waals surface area contributed by atoms with Crippen LogP contribution in [0.25, 0.3) is 22.0 Å². The number of H-pyrrole nitrogens is 1. The van der Waals surface area contributed by atoms with Crippen molar-refractivity contribution in [2.45, 2.75) is 77.9 Å². The van der Waals surface area contributed by atoms with Crippen LogP contribution in [-0.4, -0.2) is 64.5 Å². The van der Waals surface area contributed by atoms with Crippen molar-refractivity contribution in [3.8, 4) is 11.1 Å². The summed E-state index contributed by atoms with van der Waals surface area (Å²) in [5.74, 6) is -0.804. The van der Waals surface area contributed by atoms with Crippen LogP contribution in [0.15, 0.2) is 42.5 Å². The summed E-state index contributed by atoms with van der Waals surface area (Å²) in [4.78, 5) is 43.3. The molecule has 0 spiro atoms. The smallest absolute Gasteiger partial charge is 0.407 e. The molecule has 3 amide bonds. The number of nitrogens with zero attached hydrogens (tertiary/aromatic N) is 1. The van der Waals surface area contributed by atoms with Crippen LogP contribution in [0.1, 0.15) is 64.0 Å². The summed E-state index contributed by atoms with van der Waals surface area (Å²) in [7, 11) is 0. The van der Waals surface area contributed by atoms with Gasteiger partial charge in [-0.1, -0.05) is 24.3 Å².